The molecule has 5 N–H and O–H groups in total. The highest BCUT2D eigenvalue weighted by atomic mass is 16.6. The molecule has 9 amide bonds. The van der Waals surface area contributed by atoms with Crippen LogP contribution in [0.25, 0.3) is 0 Å². The van der Waals surface area contributed by atoms with E-state index in [1.165, 1.54) is 31.3 Å². The Bertz CT molecular complexity index is 3180. The van der Waals surface area contributed by atoms with Crippen LogP contribution in [0.4, 0.5) is 5.69 Å². The van der Waals surface area contributed by atoms with Crippen molar-refractivity contribution in [3.05, 3.63) is 77.9 Å². The van der Waals surface area contributed by atoms with Crippen molar-refractivity contribution >= 4 is 58.9 Å². The van der Waals surface area contributed by atoms with E-state index >= 15 is 4.79 Å². The second kappa shape index (κ2) is 54.1. The van der Waals surface area contributed by atoms with E-state index in [2.05, 4.69) is 16.0 Å². The molecule has 3 fully saturated rings. The van der Waals surface area contributed by atoms with Gasteiger partial charge in [0, 0.05) is 78.7 Å². The van der Waals surface area contributed by atoms with Gasteiger partial charge in [-0.25, -0.2) is 0 Å². The van der Waals surface area contributed by atoms with E-state index in [4.69, 9.17) is 72.0 Å². The standard InChI is InChI=1S/C83H132N8O23/c1-10-61(4)76(69(102-8)57-74(96)89-32-17-20-68(89)78(103-9)62(5)80(98)87-67(56-63-18-13-11-14-19-63)81(99)86-66-24-22-64(23-25-66)59-85-70(92)21-15-12-16-31-90-71(93)26-27-72(90)94)88(6)82(100)75(60(2)3)83-30-28-65(58-83)77(79(84)97)91(83)73(95)29-33-104-36-37-106-40-41-108-44-45-110-48-49-112-52-53-114-55-54-113-51-50-111-47-46-109-43-42-107-39-38-105-35-34-101-7/h11,13-14,18-19,22-27,60-62,65,67-69,75-78H,10,12,15-17,20-21,28-59H2,1-9H3,(H2,84,97)(H,85,92)(H,86,99)(H,87,98)/t61-,62+,65?,67-,68-,69+,75+,76-,77?,78+,83?/m0/s1. The highest BCUT2D eigenvalue weighted by molar-refractivity contribution is 6.12. The van der Waals surface area contributed by atoms with E-state index < -0.39 is 71.5 Å². The summed E-state index contributed by atoms with van der Waals surface area (Å²) in [5.41, 5.74) is 7.23. The van der Waals surface area contributed by atoms with Gasteiger partial charge in [0.15, 0.2) is 0 Å². The van der Waals surface area contributed by atoms with E-state index in [1.54, 1.807) is 60.0 Å². The van der Waals surface area contributed by atoms with E-state index in [0.717, 1.165) is 11.1 Å². The van der Waals surface area contributed by atoms with Crippen LogP contribution in [0.3, 0.4) is 0 Å². The molecule has 3 aliphatic heterocycles. The number of unbranched alkanes of at least 4 members (excludes halogenated alkanes) is 2. The number of nitrogens with one attached hydrogen (secondary N) is 3. The second-order valence-corrected chi connectivity index (χ2v) is 29.7. The molecule has 4 aliphatic rings. The Hall–Kier alpha value is -6.95. The normalized spacial score (nSPS) is 19.1. The van der Waals surface area contributed by atoms with Crippen LogP contribution in [0.5, 0.6) is 0 Å². The number of nitrogens with zero attached hydrogens (tertiary/aromatic N) is 4. The molecular formula is C83H132N8O23. The first-order valence-electron chi connectivity index (χ1n) is 40.8. The van der Waals surface area contributed by atoms with Crippen molar-refractivity contribution in [2.24, 2.45) is 35.3 Å². The van der Waals surface area contributed by atoms with Gasteiger partial charge in [-0.2, -0.15) is 0 Å². The predicted octanol–water partition coefficient (Wildman–Crippen LogP) is 5.10. The molecule has 3 heterocycles. The zero-order valence-electron chi connectivity index (χ0n) is 69.0. The number of piperidine rings is 1. The molecular weight excluding hydrogens is 1480 g/mol. The van der Waals surface area contributed by atoms with E-state index in [-0.39, 0.29) is 105 Å². The Morgan fingerprint density at radius 2 is 1.11 bits per heavy atom. The molecule has 31 nitrogen and oxygen atoms in total. The lowest BCUT2D eigenvalue weighted by Crippen LogP contribution is -2.64. The van der Waals surface area contributed by atoms with Gasteiger partial charge in [-0.3, -0.25) is 48.1 Å². The van der Waals surface area contributed by atoms with Crippen LogP contribution in [-0.2, 0) is 122 Å². The fraction of sp³-hybridized carbons (Fsp3) is 0.723. The number of anilines is 1. The van der Waals surface area contributed by atoms with Gasteiger partial charge in [0.05, 0.1) is 206 Å². The number of methoxy groups -OCH3 is 3. The highest BCUT2D eigenvalue weighted by Gasteiger charge is 2.65. The monoisotopic (exact) mass is 1610 g/mol. The zero-order chi connectivity index (χ0) is 82.5. The Kier molecular flexibility index (Phi) is 45.5. The lowest BCUT2D eigenvalue weighted by Gasteiger charge is -2.49. The molecule has 2 bridgehead atoms. The van der Waals surface area contributed by atoms with Crippen molar-refractivity contribution in [1.29, 1.82) is 0 Å². The first-order valence-corrected chi connectivity index (χ1v) is 40.8. The third-order valence-electron chi connectivity index (χ3n) is 21.5. The van der Waals surface area contributed by atoms with Gasteiger partial charge in [0.1, 0.15) is 12.1 Å². The van der Waals surface area contributed by atoms with Crippen molar-refractivity contribution in [1.82, 2.24) is 30.2 Å². The summed E-state index contributed by atoms with van der Waals surface area (Å²) in [6.45, 7) is 20.3. The molecule has 2 saturated heterocycles. The minimum atomic E-state index is -1.02. The quantitative estimate of drug-likeness (QED) is 0.0494. The van der Waals surface area contributed by atoms with Crippen LogP contribution in [0.1, 0.15) is 123 Å². The lowest BCUT2D eigenvalue weighted by atomic mass is 9.73. The molecule has 6 rings (SSSR count). The number of nitrogens with two attached hydrogens (primary N) is 1. The van der Waals surface area contributed by atoms with Crippen molar-refractivity contribution in [3.8, 4) is 0 Å². The van der Waals surface area contributed by atoms with Crippen LogP contribution < -0.4 is 21.7 Å². The van der Waals surface area contributed by atoms with Crippen LogP contribution in [0, 0.1) is 29.6 Å². The first-order chi connectivity index (χ1) is 55.2. The maximum absolute atomic E-state index is 15.6. The topological polar surface area (TPSA) is 358 Å². The molecule has 114 heavy (non-hydrogen) atoms. The molecule has 1 saturated carbocycles. The van der Waals surface area contributed by atoms with Crippen LogP contribution in [0.2, 0.25) is 0 Å². The van der Waals surface area contributed by atoms with E-state index in [1.807, 2.05) is 58.0 Å². The van der Waals surface area contributed by atoms with Gasteiger partial charge >= 0.3 is 0 Å². The van der Waals surface area contributed by atoms with Crippen LogP contribution in [0.15, 0.2) is 66.7 Å². The zero-order valence-corrected chi connectivity index (χ0v) is 69.0. The summed E-state index contributed by atoms with van der Waals surface area (Å²) in [5, 5.41) is 8.88. The minimum absolute atomic E-state index is 0.0454. The summed E-state index contributed by atoms with van der Waals surface area (Å²) in [6.07, 6.45) is 6.52. The molecule has 0 radical (unpaired) electrons. The largest absolute Gasteiger partial charge is 0.382 e. The number of imide groups is 1. The van der Waals surface area contributed by atoms with Crippen molar-refractivity contribution < 1.29 is 109 Å². The number of primary amides is 1. The number of amides is 9. The SMILES string of the molecule is CC[C@H](C)[C@@H]([C@@H](CC(=O)N1CCC[C@H]1[C@H](OC)[C@@H](C)C(=O)N[C@@H](Cc1ccccc1)C(=O)Nc1ccc(CNC(=O)CCCCCN2C(=O)C=CC2=O)cc1)OC)N(C)C(=O)[C@@H](C(C)C)C12CCC(C1)C(C(N)=O)N2C(=O)CCOCCOCCOCCOCCOCCOCCOCCOCCOCCOCCOCCOC. The number of rotatable bonds is 64. The lowest BCUT2D eigenvalue weighted by molar-refractivity contribution is -0.160. The number of likely N-dealkylation sites (tertiary alicyclic amines) is 2. The number of hydrogen-bond donors (Lipinski definition) is 4. The molecule has 31 heteroatoms. The molecule has 0 aromatic heterocycles. The molecule has 1 aliphatic carbocycles. The molecule has 2 aromatic rings. The fourth-order valence-corrected chi connectivity index (χ4v) is 15.6. The van der Waals surface area contributed by atoms with Gasteiger partial charge < -0.3 is 103 Å². The number of hydrogen-bond acceptors (Lipinski definition) is 23. The molecule has 2 aromatic carbocycles. The summed E-state index contributed by atoms with van der Waals surface area (Å²) in [7, 11) is 6.42. The Morgan fingerprint density at radius 3 is 1.60 bits per heavy atom. The molecule has 11 atom stereocenters. The molecule has 3 unspecified atom stereocenters. The number of fused-ring (bicyclic) bond motifs is 2. The Labute approximate surface area is 674 Å². The van der Waals surface area contributed by atoms with Gasteiger partial charge in [0.25, 0.3) is 11.8 Å². The van der Waals surface area contributed by atoms with Gasteiger partial charge in [-0.15, -0.1) is 0 Å². The Morgan fingerprint density at radius 1 is 0.596 bits per heavy atom. The van der Waals surface area contributed by atoms with E-state index in [9.17, 15) is 38.4 Å². The molecule has 0 spiro atoms. The average Bonchev–Trinajstić information content (AvgIpc) is 1.55. The van der Waals surface area contributed by atoms with E-state index in [0.29, 0.717) is 209 Å². The number of likely N-dealkylation sites (N-methyl/N-ethyl adjacent to an activating group) is 1. The maximum atomic E-state index is 15.6. The summed E-state index contributed by atoms with van der Waals surface area (Å²) < 4.78 is 78.6. The predicted molar refractivity (Wildman–Crippen MR) is 423 cm³/mol. The van der Waals surface area contributed by atoms with Gasteiger partial charge in [-0.05, 0) is 86.0 Å². The summed E-state index contributed by atoms with van der Waals surface area (Å²) >= 11 is 0. The summed E-state index contributed by atoms with van der Waals surface area (Å²) in [5.74, 6) is -5.34. The summed E-state index contributed by atoms with van der Waals surface area (Å²) in [6, 6.07) is 13.3. The maximum Gasteiger partial charge on any atom is 0.253 e. The number of benzene rings is 2. The fourth-order valence-electron chi connectivity index (χ4n) is 15.6. The van der Waals surface area contributed by atoms with Crippen LogP contribution in [-0.4, -0.2) is 308 Å². The number of ether oxygens (including phenoxy) is 14. The number of carbonyl (C=O) groups is 9. The van der Waals surface area contributed by atoms with Gasteiger partial charge in [0.2, 0.25) is 41.4 Å². The first kappa shape index (κ1) is 95.9. The second-order valence-electron chi connectivity index (χ2n) is 29.7. The van der Waals surface area contributed by atoms with Crippen LogP contribution >= 0.6 is 0 Å². The van der Waals surface area contributed by atoms with Crippen molar-refractivity contribution in [2.45, 2.75) is 167 Å². The number of carbonyl (C=O) groups excluding carboxylic acids is 9. The average molecular weight is 1610 g/mol. The third kappa shape index (κ3) is 31.8. The smallest absolute Gasteiger partial charge is 0.253 e. The third-order valence-corrected chi connectivity index (χ3v) is 21.5. The van der Waals surface area contributed by atoms with Crippen molar-refractivity contribution in [3.63, 3.8) is 0 Å². The van der Waals surface area contributed by atoms with Crippen molar-refractivity contribution in [2.75, 3.05) is 199 Å². The summed E-state index contributed by atoms with van der Waals surface area (Å²) in [4.78, 5) is 130. The minimum Gasteiger partial charge on any atom is -0.382 e. The van der Waals surface area contributed by atoms with Gasteiger partial charge in [-0.1, -0.05) is 89.9 Å². The molecule has 642 valence electrons. The highest BCUT2D eigenvalue weighted by Crippen LogP contribution is 2.56. The Balaban J connectivity index is 0.902.